The SMILES string of the molecule is CCn1ncnc1CN1CC[C@@]2(CCCN(C(C)C)C2=O)C1. The van der Waals surface area contributed by atoms with Crippen LogP contribution in [0.1, 0.15) is 45.9 Å². The van der Waals surface area contributed by atoms with E-state index in [4.69, 9.17) is 0 Å². The number of carbonyl (C=O) groups excluding carboxylic acids is 1. The number of carbonyl (C=O) groups is 1. The summed E-state index contributed by atoms with van der Waals surface area (Å²) in [6.45, 7) is 10.7. The molecule has 0 unspecified atom stereocenters. The molecule has 0 aromatic carbocycles. The van der Waals surface area contributed by atoms with Crippen molar-refractivity contribution in [3.8, 4) is 0 Å². The first-order chi connectivity index (χ1) is 10.6. The highest BCUT2D eigenvalue weighted by Crippen LogP contribution is 2.40. The molecule has 22 heavy (non-hydrogen) atoms. The van der Waals surface area contributed by atoms with Crippen LogP contribution in [-0.2, 0) is 17.9 Å². The number of aromatic nitrogens is 3. The molecule has 0 radical (unpaired) electrons. The van der Waals surface area contributed by atoms with Gasteiger partial charge >= 0.3 is 0 Å². The van der Waals surface area contributed by atoms with Gasteiger partial charge in [0, 0.05) is 25.7 Å². The minimum absolute atomic E-state index is 0.153. The van der Waals surface area contributed by atoms with Crippen molar-refractivity contribution in [1.29, 1.82) is 0 Å². The summed E-state index contributed by atoms with van der Waals surface area (Å²) in [7, 11) is 0. The van der Waals surface area contributed by atoms with Gasteiger partial charge in [0.15, 0.2) is 0 Å². The first kappa shape index (κ1) is 15.5. The Balaban J connectivity index is 1.69. The molecule has 1 amide bonds. The fraction of sp³-hybridized carbons (Fsp3) is 0.812. The van der Waals surface area contributed by atoms with Crippen molar-refractivity contribution in [2.75, 3.05) is 19.6 Å². The van der Waals surface area contributed by atoms with Crippen LogP contribution in [0.4, 0.5) is 0 Å². The number of likely N-dealkylation sites (tertiary alicyclic amines) is 2. The number of amides is 1. The molecule has 6 nitrogen and oxygen atoms in total. The quantitative estimate of drug-likeness (QED) is 0.846. The number of nitrogens with zero attached hydrogens (tertiary/aromatic N) is 5. The summed E-state index contributed by atoms with van der Waals surface area (Å²) >= 11 is 0. The van der Waals surface area contributed by atoms with Crippen LogP contribution in [0, 0.1) is 5.41 Å². The Labute approximate surface area is 132 Å². The topological polar surface area (TPSA) is 54.3 Å². The van der Waals surface area contributed by atoms with Crippen LogP contribution in [0.3, 0.4) is 0 Å². The first-order valence-corrected chi connectivity index (χ1v) is 8.46. The highest BCUT2D eigenvalue weighted by molar-refractivity contribution is 5.84. The van der Waals surface area contributed by atoms with Crippen molar-refractivity contribution in [3.05, 3.63) is 12.2 Å². The summed E-state index contributed by atoms with van der Waals surface area (Å²) in [6.07, 6.45) is 4.77. The molecule has 3 heterocycles. The van der Waals surface area contributed by atoms with E-state index in [2.05, 4.69) is 40.7 Å². The van der Waals surface area contributed by atoms with Crippen LogP contribution in [0.5, 0.6) is 0 Å². The number of hydrogen-bond acceptors (Lipinski definition) is 4. The van der Waals surface area contributed by atoms with E-state index in [1.54, 1.807) is 6.33 Å². The maximum Gasteiger partial charge on any atom is 0.230 e. The lowest BCUT2D eigenvalue weighted by molar-refractivity contribution is -0.147. The zero-order valence-corrected chi connectivity index (χ0v) is 14.0. The molecule has 2 fully saturated rings. The van der Waals surface area contributed by atoms with E-state index in [0.29, 0.717) is 11.9 Å². The van der Waals surface area contributed by atoms with Crippen LogP contribution in [-0.4, -0.2) is 56.1 Å². The van der Waals surface area contributed by atoms with E-state index in [9.17, 15) is 4.79 Å². The van der Waals surface area contributed by atoms with Gasteiger partial charge in [0.1, 0.15) is 12.2 Å². The van der Waals surface area contributed by atoms with Gasteiger partial charge in [0.2, 0.25) is 5.91 Å². The molecular weight excluding hydrogens is 278 g/mol. The summed E-state index contributed by atoms with van der Waals surface area (Å²) in [5, 5.41) is 4.23. The standard InChI is InChI=1S/C16H27N5O/c1-4-21-14(17-12-18-21)10-19-9-7-16(11-19)6-5-8-20(13(2)3)15(16)22/h12-13H,4-11H2,1-3H3/t16-/m0/s1. The van der Waals surface area contributed by atoms with E-state index in [1.165, 1.54) is 0 Å². The average Bonchev–Trinajstić information content (AvgIpc) is 3.10. The average molecular weight is 305 g/mol. The van der Waals surface area contributed by atoms with Gasteiger partial charge in [-0.15, -0.1) is 0 Å². The molecule has 0 N–H and O–H groups in total. The third kappa shape index (κ3) is 2.64. The molecule has 0 bridgehead atoms. The number of piperidine rings is 1. The molecule has 2 saturated heterocycles. The summed E-state index contributed by atoms with van der Waals surface area (Å²) in [4.78, 5) is 21.7. The summed E-state index contributed by atoms with van der Waals surface area (Å²) in [5.41, 5.74) is -0.153. The zero-order valence-electron chi connectivity index (χ0n) is 14.0. The molecule has 0 aliphatic carbocycles. The Morgan fingerprint density at radius 1 is 1.32 bits per heavy atom. The maximum atomic E-state index is 12.9. The molecule has 1 aromatic rings. The Bertz CT molecular complexity index is 540. The van der Waals surface area contributed by atoms with Gasteiger partial charge in [-0.25, -0.2) is 9.67 Å². The van der Waals surface area contributed by atoms with E-state index in [1.807, 2.05) is 4.68 Å². The van der Waals surface area contributed by atoms with Gasteiger partial charge in [-0.2, -0.15) is 5.10 Å². The monoisotopic (exact) mass is 305 g/mol. The molecule has 0 saturated carbocycles. The molecular formula is C16H27N5O. The lowest BCUT2D eigenvalue weighted by Crippen LogP contribution is -2.52. The van der Waals surface area contributed by atoms with Crippen molar-refractivity contribution in [2.45, 2.75) is 59.2 Å². The van der Waals surface area contributed by atoms with Gasteiger partial charge in [-0.3, -0.25) is 9.69 Å². The Morgan fingerprint density at radius 3 is 2.86 bits per heavy atom. The summed E-state index contributed by atoms with van der Waals surface area (Å²) < 4.78 is 1.94. The van der Waals surface area contributed by atoms with Crippen molar-refractivity contribution in [1.82, 2.24) is 24.6 Å². The van der Waals surface area contributed by atoms with Gasteiger partial charge in [-0.05, 0) is 46.6 Å². The van der Waals surface area contributed by atoms with Crippen LogP contribution >= 0.6 is 0 Å². The minimum Gasteiger partial charge on any atom is -0.340 e. The number of hydrogen-bond donors (Lipinski definition) is 0. The van der Waals surface area contributed by atoms with Crippen molar-refractivity contribution >= 4 is 5.91 Å². The molecule has 3 rings (SSSR count). The van der Waals surface area contributed by atoms with Crippen LogP contribution < -0.4 is 0 Å². The van der Waals surface area contributed by atoms with E-state index >= 15 is 0 Å². The van der Waals surface area contributed by atoms with Gasteiger partial charge in [-0.1, -0.05) is 0 Å². The Kier molecular flexibility index (Phi) is 4.21. The lowest BCUT2D eigenvalue weighted by atomic mass is 9.78. The third-order valence-electron chi connectivity index (χ3n) is 5.19. The second-order valence-electron chi connectivity index (χ2n) is 6.93. The maximum absolute atomic E-state index is 12.9. The molecule has 2 aliphatic heterocycles. The van der Waals surface area contributed by atoms with Crippen molar-refractivity contribution < 1.29 is 4.79 Å². The summed E-state index contributed by atoms with van der Waals surface area (Å²) in [5.74, 6) is 1.37. The lowest BCUT2D eigenvalue weighted by Gasteiger charge is -2.41. The second kappa shape index (κ2) is 5.99. The normalized spacial score (nSPS) is 26.5. The fourth-order valence-electron chi connectivity index (χ4n) is 3.94. The Hall–Kier alpha value is -1.43. The fourth-order valence-corrected chi connectivity index (χ4v) is 3.94. The predicted octanol–water partition coefficient (Wildman–Crippen LogP) is 1.52. The van der Waals surface area contributed by atoms with E-state index < -0.39 is 0 Å². The highest BCUT2D eigenvalue weighted by atomic mass is 16.2. The molecule has 1 atom stereocenters. The van der Waals surface area contributed by atoms with Crippen LogP contribution in [0.25, 0.3) is 0 Å². The van der Waals surface area contributed by atoms with Crippen LogP contribution in [0.2, 0.25) is 0 Å². The number of rotatable bonds is 4. The molecule has 1 spiro atoms. The zero-order chi connectivity index (χ0) is 15.7. The van der Waals surface area contributed by atoms with E-state index in [0.717, 1.165) is 57.8 Å². The Morgan fingerprint density at radius 2 is 2.14 bits per heavy atom. The number of aryl methyl sites for hydroxylation is 1. The molecule has 122 valence electrons. The second-order valence-corrected chi connectivity index (χ2v) is 6.93. The predicted molar refractivity (Wildman–Crippen MR) is 84.1 cm³/mol. The van der Waals surface area contributed by atoms with Crippen molar-refractivity contribution in [3.63, 3.8) is 0 Å². The van der Waals surface area contributed by atoms with E-state index in [-0.39, 0.29) is 5.41 Å². The van der Waals surface area contributed by atoms with Crippen LogP contribution in [0.15, 0.2) is 6.33 Å². The molecule has 6 heteroatoms. The summed E-state index contributed by atoms with van der Waals surface area (Å²) in [6, 6.07) is 0.307. The van der Waals surface area contributed by atoms with Gasteiger partial charge in [0.05, 0.1) is 12.0 Å². The van der Waals surface area contributed by atoms with Gasteiger partial charge < -0.3 is 4.90 Å². The largest absolute Gasteiger partial charge is 0.340 e. The molecule has 1 aromatic heterocycles. The molecule has 2 aliphatic rings. The minimum atomic E-state index is -0.153. The third-order valence-corrected chi connectivity index (χ3v) is 5.19. The smallest absolute Gasteiger partial charge is 0.230 e. The van der Waals surface area contributed by atoms with Gasteiger partial charge in [0.25, 0.3) is 0 Å². The highest BCUT2D eigenvalue weighted by Gasteiger charge is 2.48. The first-order valence-electron chi connectivity index (χ1n) is 8.46. The van der Waals surface area contributed by atoms with Crippen molar-refractivity contribution in [2.24, 2.45) is 5.41 Å².